The van der Waals surface area contributed by atoms with Crippen LogP contribution in [-0.2, 0) is 12.7 Å². The lowest BCUT2D eigenvalue weighted by molar-refractivity contribution is -0.141. The number of halogens is 4. The van der Waals surface area contributed by atoms with Crippen LogP contribution in [0.1, 0.15) is 11.3 Å². The third kappa shape index (κ3) is 2.56. The summed E-state index contributed by atoms with van der Waals surface area (Å²) in [6, 6.07) is 6.10. The van der Waals surface area contributed by atoms with E-state index in [-0.39, 0.29) is 0 Å². The van der Waals surface area contributed by atoms with Gasteiger partial charge >= 0.3 is 6.18 Å². The van der Waals surface area contributed by atoms with E-state index in [0.717, 1.165) is 11.6 Å². The standard InChI is InChI=1S/C11H9BrF3N3/c12-8-5-7(6-16)1-2-9(8)18-4-3-10(17-18)11(13,14)15/h1-5H,6,16H2. The fourth-order valence-electron chi connectivity index (χ4n) is 1.47. The van der Waals surface area contributed by atoms with Gasteiger partial charge in [-0.2, -0.15) is 18.3 Å². The van der Waals surface area contributed by atoms with Gasteiger partial charge in [-0.25, -0.2) is 4.68 Å². The molecule has 0 amide bonds. The van der Waals surface area contributed by atoms with E-state index in [9.17, 15) is 13.2 Å². The molecule has 2 aromatic rings. The largest absolute Gasteiger partial charge is 0.435 e. The van der Waals surface area contributed by atoms with Gasteiger partial charge in [-0.3, -0.25) is 0 Å². The van der Waals surface area contributed by atoms with Crippen LogP contribution < -0.4 is 5.73 Å². The first kappa shape index (κ1) is 13.1. The predicted molar refractivity (Wildman–Crippen MR) is 64.2 cm³/mol. The van der Waals surface area contributed by atoms with Gasteiger partial charge in [0.25, 0.3) is 0 Å². The molecule has 0 saturated heterocycles. The number of rotatable bonds is 2. The Hall–Kier alpha value is -1.34. The Morgan fingerprint density at radius 2 is 2.00 bits per heavy atom. The summed E-state index contributed by atoms with van der Waals surface area (Å²) in [6.07, 6.45) is -3.17. The van der Waals surface area contributed by atoms with Crippen molar-refractivity contribution < 1.29 is 13.2 Å². The molecule has 0 spiro atoms. The molecule has 1 heterocycles. The summed E-state index contributed by atoms with van der Waals surface area (Å²) in [4.78, 5) is 0. The van der Waals surface area contributed by atoms with Crippen molar-refractivity contribution in [2.24, 2.45) is 5.73 Å². The number of hydrogen-bond acceptors (Lipinski definition) is 2. The molecule has 0 bridgehead atoms. The first-order chi connectivity index (χ1) is 8.41. The Morgan fingerprint density at radius 3 is 2.50 bits per heavy atom. The first-order valence-corrected chi connectivity index (χ1v) is 5.83. The number of nitrogens with two attached hydrogens (primary N) is 1. The SMILES string of the molecule is NCc1ccc(-n2ccc(C(F)(F)F)n2)c(Br)c1. The van der Waals surface area contributed by atoms with Crippen molar-refractivity contribution in [1.82, 2.24) is 9.78 Å². The van der Waals surface area contributed by atoms with Gasteiger partial charge in [0, 0.05) is 17.2 Å². The molecule has 0 aliphatic heterocycles. The van der Waals surface area contributed by atoms with Gasteiger partial charge < -0.3 is 5.73 Å². The molecule has 0 fully saturated rings. The summed E-state index contributed by atoms with van der Waals surface area (Å²) in [5.41, 5.74) is 5.97. The second kappa shape index (κ2) is 4.74. The second-order valence-corrected chi connectivity index (χ2v) is 4.49. The van der Waals surface area contributed by atoms with E-state index in [4.69, 9.17) is 5.73 Å². The van der Waals surface area contributed by atoms with E-state index < -0.39 is 11.9 Å². The summed E-state index contributed by atoms with van der Waals surface area (Å²) in [7, 11) is 0. The highest BCUT2D eigenvalue weighted by Crippen LogP contribution is 2.29. The van der Waals surface area contributed by atoms with Gasteiger partial charge in [-0.05, 0) is 39.7 Å². The smallest absolute Gasteiger partial charge is 0.326 e. The zero-order valence-corrected chi connectivity index (χ0v) is 10.7. The molecule has 0 atom stereocenters. The van der Waals surface area contributed by atoms with Crippen LogP contribution in [0.4, 0.5) is 13.2 Å². The lowest BCUT2D eigenvalue weighted by Crippen LogP contribution is -2.07. The molecule has 0 radical (unpaired) electrons. The fraction of sp³-hybridized carbons (Fsp3) is 0.182. The number of nitrogens with zero attached hydrogens (tertiary/aromatic N) is 2. The van der Waals surface area contributed by atoms with E-state index in [2.05, 4.69) is 21.0 Å². The predicted octanol–water partition coefficient (Wildman–Crippen LogP) is 3.11. The summed E-state index contributed by atoms with van der Waals surface area (Å²) >= 11 is 3.29. The van der Waals surface area contributed by atoms with Gasteiger partial charge in [0.2, 0.25) is 0 Å². The Morgan fingerprint density at radius 1 is 1.28 bits per heavy atom. The van der Waals surface area contributed by atoms with Crippen LogP contribution in [0.5, 0.6) is 0 Å². The van der Waals surface area contributed by atoms with E-state index in [0.29, 0.717) is 16.7 Å². The monoisotopic (exact) mass is 319 g/mol. The summed E-state index contributed by atoms with van der Waals surface area (Å²) < 4.78 is 39.1. The normalized spacial score (nSPS) is 11.8. The molecule has 2 N–H and O–H groups in total. The molecule has 0 saturated carbocycles. The van der Waals surface area contributed by atoms with Gasteiger partial charge in [0.15, 0.2) is 5.69 Å². The van der Waals surface area contributed by atoms with E-state index in [1.807, 2.05) is 0 Å². The van der Waals surface area contributed by atoms with E-state index >= 15 is 0 Å². The average molecular weight is 320 g/mol. The van der Waals surface area contributed by atoms with Crippen LogP contribution in [0.3, 0.4) is 0 Å². The molecule has 0 aliphatic rings. The second-order valence-electron chi connectivity index (χ2n) is 3.63. The summed E-state index contributed by atoms with van der Waals surface area (Å²) in [6.45, 7) is 0.367. The number of aromatic nitrogens is 2. The molecular weight excluding hydrogens is 311 g/mol. The van der Waals surface area contributed by atoms with Crippen molar-refractivity contribution in [3.63, 3.8) is 0 Å². The Labute approximate surface area is 110 Å². The molecule has 0 unspecified atom stereocenters. The molecule has 1 aromatic carbocycles. The van der Waals surface area contributed by atoms with Gasteiger partial charge in [-0.15, -0.1) is 0 Å². The Kier molecular flexibility index (Phi) is 3.45. The van der Waals surface area contributed by atoms with Crippen molar-refractivity contribution in [1.29, 1.82) is 0 Å². The highest BCUT2D eigenvalue weighted by molar-refractivity contribution is 9.10. The van der Waals surface area contributed by atoms with Crippen molar-refractivity contribution >= 4 is 15.9 Å². The van der Waals surface area contributed by atoms with Crippen molar-refractivity contribution in [3.05, 3.63) is 46.2 Å². The molecule has 2 rings (SSSR count). The highest BCUT2D eigenvalue weighted by Gasteiger charge is 2.33. The van der Waals surface area contributed by atoms with Crippen molar-refractivity contribution in [2.75, 3.05) is 0 Å². The third-order valence-electron chi connectivity index (χ3n) is 2.37. The maximum absolute atomic E-state index is 12.4. The third-order valence-corrected chi connectivity index (χ3v) is 3.01. The van der Waals surface area contributed by atoms with Crippen LogP contribution in [0.2, 0.25) is 0 Å². The minimum atomic E-state index is -4.44. The summed E-state index contributed by atoms with van der Waals surface area (Å²) in [5.74, 6) is 0. The molecule has 96 valence electrons. The minimum absolute atomic E-state index is 0.367. The number of benzene rings is 1. The van der Waals surface area contributed by atoms with Gasteiger partial charge in [0.1, 0.15) is 0 Å². The lowest BCUT2D eigenvalue weighted by Gasteiger charge is -2.07. The topological polar surface area (TPSA) is 43.8 Å². The van der Waals surface area contributed by atoms with Gasteiger partial charge in [0.05, 0.1) is 5.69 Å². The molecular formula is C11H9BrF3N3. The van der Waals surface area contributed by atoms with Crippen LogP contribution in [0, 0.1) is 0 Å². The number of alkyl halides is 3. The van der Waals surface area contributed by atoms with Crippen LogP contribution >= 0.6 is 15.9 Å². The Balaban J connectivity index is 2.40. The van der Waals surface area contributed by atoms with E-state index in [1.165, 1.54) is 10.9 Å². The fourth-order valence-corrected chi connectivity index (χ4v) is 2.08. The lowest BCUT2D eigenvalue weighted by atomic mass is 10.2. The van der Waals surface area contributed by atoms with Crippen molar-refractivity contribution in [2.45, 2.75) is 12.7 Å². The maximum atomic E-state index is 12.4. The van der Waals surface area contributed by atoms with Crippen molar-refractivity contribution in [3.8, 4) is 5.69 Å². The minimum Gasteiger partial charge on any atom is -0.326 e. The molecule has 1 aromatic heterocycles. The average Bonchev–Trinajstić information content (AvgIpc) is 2.77. The zero-order valence-electron chi connectivity index (χ0n) is 9.08. The zero-order chi connectivity index (χ0) is 13.3. The number of hydrogen-bond donors (Lipinski definition) is 1. The van der Waals surface area contributed by atoms with Crippen LogP contribution in [0.25, 0.3) is 5.69 Å². The molecule has 7 heteroatoms. The van der Waals surface area contributed by atoms with E-state index in [1.54, 1.807) is 18.2 Å². The Bertz CT molecular complexity index is 563. The van der Waals surface area contributed by atoms with Crippen LogP contribution in [0.15, 0.2) is 34.9 Å². The van der Waals surface area contributed by atoms with Crippen LogP contribution in [-0.4, -0.2) is 9.78 Å². The molecule has 18 heavy (non-hydrogen) atoms. The molecule has 3 nitrogen and oxygen atoms in total. The highest BCUT2D eigenvalue weighted by atomic mass is 79.9. The molecule has 0 aliphatic carbocycles. The first-order valence-electron chi connectivity index (χ1n) is 5.03. The van der Waals surface area contributed by atoms with Gasteiger partial charge in [-0.1, -0.05) is 6.07 Å². The maximum Gasteiger partial charge on any atom is 0.435 e. The summed E-state index contributed by atoms with van der Waals surface area (Å²) in [5, 5.41) is 3.50. The quantitative estimate of drug-likeness (QED) is 0.924.